The Labute approximate surface area is 334 Å². The number of ether oxygens (including phenoxy) is 1. The van der Waals surface area contributed by atoms with Crippen LogP contribution in [0.4, 0.5) is 32.0 Å². The molecule has 0 aliphatic carbocycles. The van der Waals surface area contributed by atoms with E-state index in [-0.39, 0.29) is 24.0 Å². The monoisotopic (exact) mass is 814 g/mol. The van der Waals surface area contributed by atoms with Crippen molar-refractivity contribution in [3.8, 4) is 22.3 Å². The Balaban J connectivity index is 0.000000257. The number of benzene rings is 5. The Hall–Kier alpha value is -6.67. The molecule has 304 valence electrons. The number of nitrogens with one attached hydrogen (secondary N) is 1. The van der Waals surface area contributed by atoms with Gasteiger partial charge in [-0.25, -0.2) is 4.79 Å². The first-order chi connectivity index (χ1) is 28.0. The maximum atomic E-state index is 13.2. The van der Waals surface area contributed by atoms with Gasteiger partial charge in [0.2, 0.25) is 0 Å². The van der Waals surface area contributed by atoms with Gasteiger partial charge in [-0.05, 0) is 100 Å². The molecule has 0 saturated heterocycles. The number of carbonyl (C=O) groups is 3. The first-order valence-electron chi connectivity index (χ1n) is 18.2. The van der Waals surface area contributed by atoms with E-state index in [2.05, 4.69) is 10.2 Å². The third kappa shape index (κ3) is 10.8. The van der Waals surface area contributed by atoms with Crippen molar-refractivity contribution in [1.82, 2.24) is 4.90 Å². The quantitative estimate of drug-likeness (QED) is 0.110. The number of aromatic carboxylic acids is 1. The molecular weight excluding hydrogens is 778 g/mol. The van der Waals surface area contributed by atoms with Crippen molar-refractivity contribution in [2.45, 2.75) is 45.4 Å². The molecule has 0 radical (unpaired) electrons. The van der Waals surface area contributed by atoms with Crippen molar-refractivity contribution < 1.29 is 55.0 Å². The molecule has 1 aliphatic rings. The van der Waals surface area contributed by atoms with Crippen molar-refractivity contribution in [2.75, 3.05) is 11.9 Å². The number of furan rings is 1. The van der Waals surface area contributed by atoms with Gasteiger partial charge in [0, 0.05) is 31.3 Å². The standard InChI is InChI=1S/C31H27F3N2O4.C14H9F3O2/c1-20(37)39-19-27-13-12-26(40-27)18-36-15-14-22-16-25(11-8-23(22)17-36)35-30(38)29-5-3-2-4-28(29)21-6-9-24(10-7-21)31(32,33)34;15-14(16,17)10-7-5-9(6-8-10)11-3-1-2-4-12(11)13(18)19/h2-13,16H,14-15,17-19H2,1H3,(H,35,38);1-8H,(H,18,19). The van der Waals surface area contributed by atoms with E-state index in [0.29, 0.717) is 45.8 Å². The van der Waals surface area contributed by atoms with Gasteiger partial charge in [-0.3, -0.25) is 14.5 Å². The highest BCUT2D eigenvalue weighted by atomic mass is 19.4. The summed E-state index contributed by atoms with van der Waals surface area (Å²) in [4.78, 5) is 37.5. The van der Waals surface area contributed by atoms with E-state index < -0.39 is 29.4 Å². The lowest BCUT2D eigenvalue weighted by atomic mass is 9.97. The van der Waals surface area contributed by atoms with Crippen LogP contribution in [0, 0.1) is 0 Å². The maximum Gasteiger partial charge on any atom is 0.416 e. The van der Waals surface area contributed by atoms with E-state index in [1.165, 1.54) is 37.3 Å². The summed E-state index contributed by atoms with van der Waals surface area (Å²) in [6, 6.07) is 31.7. The Morgan fingerprint density at radius 1 is 0.695 bits per heavy atom. The minimum atomic E-state index is -4.42. The summed E-state index contributed by atoms with van der Waals surface area (Å²) in [5.74, 6) is -0.417. The molecule has 0 atom stereocenters. The number of carboxylic acids is 1. The largest absolute Gasteiger partial charge is 0.478 e. The number of amides is 1. The molecule has 8 nitrogen and oxygen atoms in total. The van der Waals surface area contributed by atoms with Gasteiger partial charge in [-0.15, -0.1) is 0 Å². The fourth-order valence-electron chi connectivity index (χ4n) is 6.53. The molecule has 14 heteroatoms. The average molecular weight is 815 g/mol. The van der Waals surface area contributed by atoms with Gasteiger partial charge < -0.3 is 19.6 Å². The fourth-order valence-corrected chi connectivity index (χ4v) is 6.53. The van der Waals surface area contributed by atoms with Crippen molar-refractivity contribution >= 4 is 23.5 Å². The molecule has 2 N–H and O–H groups in total. The molecule has 5 aromatic carbocycles. The van der Waals surface area contributed by atoms with Crippen LogP contribution in [-0.4, -0.2) is 34.4 Å². The number of carboxylic acid groups (broad SMARTS) is 1. The maximum absolute atomic E-state index is 13.2. The summed E-state index contributed by atoms with van der Waals surface area (Å²) >= 11 is 0. The van der Waals surface area contributed by atoms with Gasteiger partial charge in [-0.1, -0.05) is 66.7 Å². The number of anilines is 1. The summed E-state index contributed by atoms with van der Waals surface area (Å²) in [5.41, 5.74) is 3.79. The summed E-state index contributed by atoms with van der Waals surface area (Å²) in [5, 5.41) is 12.0. The van der Waals surface area contributed by atoms with Crippen LogP contribution < -0.4 is 5.32 Å². The number of hydrogen-bond acceptors (Lipinski definition) is 6. The third-order valence-corrected chi connectivity index (χ3v) is 9.45. The van der Waals surface area contributed by atoms with Crippen LogP contribution in [0.25, 0.3) is 22.3 Å². The van der Waals surface area contributed by atoms with Gasteiger partial charge in [0.1, 0.15) is 18.1 Å². The first kappa shape index (κ1) is 41.9. The predicted molar refractivity (Wildman–Crippen MR) is 207 cm³/mol. The van der Waals surface area contributed by atoms with Gasteiger partial charge in [-0.2, -0.15) is 26.3 Å². The normalized spacial score (nSPS) is 12.8. The number of esters is 1. The Morgan fingerprint density at radius 2 is 1.24 bits per heavy atom. The van der Waals surface area contributed by atoms with Gasteiger partial charge in [0.25, 0.3) is 5.91 Å². The number of fused-ring (bicyclic) bond motifs is 1. The summed E-state index contributed by atoms with van der Waals surface area (Å²) in [6.07, 6.45) is -8.03. The number of rotatable bonds is 9. The van der Waals surface area contributed by atoms with Gasteiger partial charge >= 0.3 is 24.3 Å². The number of halogens is 6. The first-order valence-corrected chi connectivity index (χ1v) is 18.2. The van der Waals surface area contributed by atoms with E-state index >= 15 is 0 Å². The molecule has 2 heterocycles. The molecule has 0 bridgehead atoms. The topological polar surface area (TPSA) is 109 Å². The van der Waals surface area contributed by atoms with Crippen LogP contribution in [0.3, 0.4) is 0 Å². The molecule has 0 fully saturated rings. The Bertz CT molecular complexity index is 2440. The van der Waals surface area contributed by atoms with Crippen molar-refractivity contribution in [3.05, 3.63) is 172 Å². The minimum Gasteiger partial charge on any atom is -0.478 e. The lowest BCUT2D eigenvalue weighted by Gasteiger charge is -2.28. The Kier molecular flexibility index (Phi) is 12.7. The summed E-state index contributed by atoms with van der Waals surface area (Å²) < 4.78 is 87.0. The van der Waals surface area contributed by atoms with Crippen LogP contribution >= 0.6 is 0 Å². The Morgan fingerprint density at radius 3 is 1.80 bits per heavy atom. The second-order valence-electron chi connectivity index (χ2n) is 13.6. The molecule has 0 saturated carbocycles. The fraction of sp³-hybridized carbons (Fsp3) is 0.178. The zero-order chi connectivity index (χ0) is 42.3. The highest BCUT2D eigenvalue weighted by Crippen LogP contribution is 2.34. The highest BCUT2D eigenvalue weighted by molar-refractivity contribution is 6.08. The third-order valence-electron chi connectivity index (χ3n) is 9.45. The number of alkyl halides is 6. The van der Waals surface area contributed by atoms with Gasteiger partial charge in [0.15, 0.2) is 0 Å². The summed E-state index contributed by atoms with van der Waals surface area (Å²) in [7, 11) is 0. The molecule has 0 unspecified atom stereocenters. The van der Waals surface area contributed by atoms with Crippen LogP contribution in [0.1, 0.15) is 61.4 Å². The zero-order valence-corrected chi connectivity index (χ0v) is 31.4. The van der Waals surface area contributed by atoms with Crippen LogP contribution in [-0.2, 0) is 48.0 Å². The highest BCUT2D eigenvalue weighted by Gasteiger charge is 2.31. The molecule has 7 rings (SSSR count). The SMILES string of the molecule is CC(=O)OCc1ccc(CN2CCc3cc(NC(=O)c4ccccc4-c4ccc(C(F)(F)F)cc4)ccc3C2)o1.O=C(O)c1ccccc1-c1ccc(C(F)(F)F)cc1. The van der Waals surface area contributed by atoms with E-state index in [1.54, 1.807) is 48.5 Å². The predicted octanol–water partition coefficient (Wildman–Crippen LogP) is 10.9. The van der Waals surface area contributed by atoms with E-state index in [0.717, 1.165) is 60.7 Å². The second-order valence-corrected chi connectivity index (χ2v) is 13.6. The minimum absolute atomic E-state index is 0.0576. The average Bonchev–Trinajstić information content (AvgIpc) is 3.67. The number of carbonyl (C=O) groups excluding carboxylic acids is 2. The van der Waals surface area contributed by atoms with Crippen molar-refractivity contribution in [3.63, 3.8) is 0 Å². The van der Waals surface area contributed by atoms with E-state index in [1.807, 2.05) is 24.3 Å². The number of hydrogen-bond donors (Lipinski definition) is 2. The van der Waals surface area contributed by atoms with E-state index in [4.69, 9.17) is 14.3 Å². The number of nitrogens with zero attached hydrogens (tertiary/aromatic N) is 1. The van der Waals surface area contributed by atoms with Gasteiger partial charge in [0.05, 0.1) is 23.2 Å². The molecule has 59 heavy (non-hydrogen) atoms. The molecule has 1 aliphatic heterocycles. The van der Waals surface area contributed by atoms with Crippen LogP contribution in [0.2, 0.25) is 0 Å². The lowest BCUT2D eigenvalue weighted by molar-refractivity contribution is -0.143. The summed E-state index contributed by atoms with van der Waals surface area (Å²) in [6.45, 7) is 3.62. The lowest BCUT2D eigenvalue weighted by Crippen LogP contribution is -2.30. The molecule has 1 aromatic heterocycles. The smallest absolute Gasteiger partial charge is 0.416 e. The van der Waals surface area contributed by atoms with Crippen molar-refractivity contribution in [1.29, 1.82) is 0 Å². The molecule has 6 aromatic rings. The zero-order valence-electron chi connectivity index (χ0n) is 31.4. The molecular formula is C45H36F6N2O6. The second kappa shape index (κ2) is 17.9. The molecule has 0 spiro atoms. The van der Waals surface area contributed by atoms with Crippen molar-refractivity contribution in [2.24, 2.45) is 0 Å². The van der Waals surface area contributed by atoms with Crippen LogP contribution in [0.5, 0.6) is 0 Å². The van der Waals surface area contributed by atoms with E-state index in [9.17, 15) is 40.7 Å². The molecule has 1 amide bonds. The van der Waals surface area contributed by atoms with Crippen LogP contribution in [0.15, 0.2) is 132 Å².